The number of amidine groups is 1. The van der Waals surface area contributed by atoms with Crippen LogP contribution in [0.15, 0.2) is 53.7 Å². The maximum Gasteiger partial charge on any atom is 0.269 e. The van der Waals surface area contributed by atoms with E-state index in [-0.39, 0.29) is 22.7 Å². The molecule has 0 spiro atoms. The average Bonchev–Trinajstić information content (AvgIpc) is 3.11. The van der Waals surface area contributed by atoms with Crippen LogP contribution in [0.3, 0.4) is 0 Å². The number of thioether (sulfide) groups is 1. The number of non-ortho nitro benzene ring substituents is 1. The van der Waals surface area contributed by atoms with Gasteiger partial charge in [-0.15, -0.1) is 0 Å². The van der Waals surface area contributed by atoms with E-state index in [0.717, 1.165) is 23.0 Å². The summed E-state index contributed by atoms with van der Waals surface area (Å²) >= 11 is 1.78. The van der Waals surface area contributed by atoms with Crippen LogP contribution >= 0.6 is 11.8 Å². The smallest absolute Gasteiger partial charge is 0.269 e. The zero-order valence-electron chi connectivity index (χ0n) is 13.1. The molecular formula is C17H16N4O2S. The standard InChI is InChI=1S/C17H16N4O2S/c1-11-10-20-16(12-5-7-13(8-6-12)21(22)23)15(19-17(20)24-11)14-4-2-3-9-18-14/h2-9,11,15-16H,10H2,1H3/t11-,15-,16-/m1/s1. The number of nitro benzene ring substituents is 1. The van der Waals surface area contributed by atoms with E-state index >= 15 is 0 Å². The molecular weight excluding hydrogens is 324 g/mol. The van der Waals surface area contributed by atoms with Gasteiger partial charge in [0.25, 0.3) is 5.69 Å². The number of nitro groups is 1. The average molecular weight is 340 g/mol. The fraction of sp³-hybridized carbons (Fsp3) is 0.294. The van der Waals surface area contributed by atoms with Crippen LogP contribution in [0, 0.1) is 10.1 Å². The Labute approximate surface area is 143 Å². The predicted octanol–water partition coefficient (Wildman–Crippen LogP) is 3.58. The van der Waals surface area contributed by atoms with Crippen molar-refractivity contribution in [1.29, 1.82) is 0 Å². The SMILES string of the molecule is C[C@@H]1CN2C(=N[C@H](c3ccccn3)[C@H]2c2ccc([N+](=O)[O-])cc2)S1. The highest BCUT2D eigenvalue weighted by Crippen LogP contribution is 2.47. The van der Waals surface area contributed by atoms with Crippen LogP contribution in [0.5, 0.6) is 0 Å². The van der Waals surface area contributed by atoms with E-state index < -0.39 is 0 Å². The van der Waals surface area contributed by atoms with Gasteiger partial charge in [-0.2, -0.15) is 0 Å². The van der Waals surface area contributed by atoms with E-state index in [0.29, 0.717) is 5.25 Å². The molecule has 3 heterocycles. The van der Waals surface area contributed by atoms with Crippen molar-refractivity contribution in [3.05, 3.63) is 70.0 Å². The fourth-order valence-corrected chi connectivity index (χ4v) is 4.36. The number of hydrogen-bond donors (Lipinski definition) is 0. The Kier molecular flexibility index (Phi) is 3.72. The van der Waals surface area contributed by atoms with E-state index in [1.54, 1.807) is 30.1 Å². The summed E-state index contributed by atoms with van der Waals surface area (Å²) in [6, 6.07) is 12.6. The molecule has 24 heavy (non-hydrogen) atoms. The van der Waals surface area contributed by atoms with E-state index in [4.69, 9.17) is 4.99 Å². The van der Waals surface area contributed by atoms with Crippen LogP contribution in [0.25, 0.3) is 0 Å². The van der Waals surface area contributed by atoms with Gasteiger partial charge in [-0.1, -0.05) is 36.9 Å². The van der Waals surface area contributed by atoms with Crippen molar-refractivity contribution < 1.29 is 4.92 Å². The molecule has 0 unspecified atom stereocenters. The van der Waals surface area contributed by atoms with Crippen molar-refractivity contribution >= 4 is 22.6 Å². The largest absolute Gasteiger partial charge is 0.341 e. The number of aromatic nitrogens is 1. The lowest BCUT2D eigenvalue weighted by molar-refractivity contribution is -0.384. The van der Waals surface area contributed by atoms with E-state index in [2.05, 4.69) is 16.8 Å². The third kappa shape index (κ3) is 2.54. The lowest BCUT2D eigenvalue weighted by Crippen LogP contribution is -2.28. The zero-order chi connectivity index (χ0) is 16.7. The number of pyridine rings is 1. The molecule has 1 aromatic carbocycles. The molecule has 0 bridgehead atoms. The highest BCUT2D eigenvalue weighted by atomic mass is 32.2. The highest BCUT2D eigenvalue weighted by molar-refractivity contribution is 8.14. The van der Waals surface area contributed by atoms with Gasteiger partial charge in [0, 0.05) is 30.1 Å². The number of fused-ring (bicyclic) bond motifs is 1. The molecule has 0 aliphatic carbocycles. The van der Waals surface area contributed by atoms with Crippen molar-refractivity contribution in [1.82, 2.24) is 9.88 Å². The molecule has 3 atom stereocenters. The van der Waals surface area contributed by atoms with Gasteiger partial charge >= 0.3 is 0 Å². The van der Waals surface area contributed by atoms with Crippen molar-refractivity contribution in [2.24, 2.45) is 4.99 Å². The summed E-state index contributed by atoms with van der Waals surface area (Å²) in [6.07, 6.45) is 1.78. The molecule has 1 fully saturated rings. The molecule has 4 rings (SSSR count). The predicted molar refractivity (Wildman–Crippen MR) is 94.0 cm³/mol. The molecule has 1 saturated heterocycles. The van der Waals surface area contributed by atoms with E-state index in [9.17, 15) is 10.1 Å². The van der Waals surface area contributed by atoms with Crippen molar-refractivity contribution in [2.45, 2.75) is 24.3 Å². The Bertz CT molecular complexity index is 794. The highest BCUT2D eigenvalue weighted by Gasteiger charge is 2.43. The molecule has 2 aliphatic rings. The lowest BCUT2D eigenvalue weighted by atomic mass is 9.96. The van der Waals surface area contributed by atoms with Crippen LogP contribution in [0.4, 0.5) is 5.69 Å². The Hall–Kier alpha value is -2.41. The summed E-state index contributed by atoms with van der Waals surface area (Å²) in [7, 11) is 0. The first-order chi connectivity index (χ1) is 11.6. The van der Waals surface area contributed by atoms with Gasteiger partial charge in [-0.25, -0.2) is 0 Å². The topological polar surface area (TPSA) is 71.6 Å². The van der Waals surface area contributed by atoms with Crippen LogP contribution in [0.1, 0.15) is 30.3 Å². The molecule has 1 aromatic heterocycles. The van der Waals surface area contributed by atoms with Crippen molar-refractivity contribution in [3.63, 3.8) is 0 Å². The minimum Gasteiger partial charge on any atom is -0.341 e. The third-order valence-electron chi connectivity index (χ3n) is 4.33. The number of hydrogen-bond acceptors (Lipinski definition) is 6. The number of aliphatic imine (C=N–C) groups is 1. The summed E-state index contributed by atoms with van der Waals surface area (Å²) in [5, 5.41) is 12.4. The number of rotatable bonds is 3. The summed E-state index contributed by atoms with van der Waals surface area (Å²) in [6.45, 7) is 3.11. The molecule has 7 heteroatoms. The summed E-state index contributed by atoms with van der Waals surface area (Å²) in [4.78, 5) is 22.2. The molecule has 0 amide bonds. The van der Waals surface area contributed by atoms with Crippen LogP contribution in [0.2, 0.25) is 0 Å². The summed E-state index contributed by atoms with van der Waals surface area (Å²) < 4.78 is 0. The Morgan fingerprint density at radius 2 is 2.04 bits per heavy atom. The van der Waals surface area contributed by atoms with Crippen LogP contribution in [-0.2, 0) is 0 Å². The fourth-order valence-electron chi connectivity index (χ4n) is 3.27. The van der Waals surface area contributed by atoms with Gasteiger partial charge in [0.2, 0.25) is 0 Å². The normalized spacial score (nSPS) is 25.5. The van der Waals surface area contributed by atoms with Crippen LogP contribution < -0.4 is 0 Å². The monoisotopic (exact) mass is 340 g/mol. The molecule has 0 radical (unpaired) electrons. The molecule has 0 N–H and O–H groups in total. The van der Waals surface area contributed by atoms with E-state index in [1.165, 1.54) is 0 Å². The second-order valence-corrected chi connectivity index (χ2v) is 7.39. The van der Waals surface area contributed by atoms with Crippen LogP contribution in [-0.4, -0.2) is 31.8 Å². The van der Waals surface area contributed by atoms with Gasteiger partial charge < -0.3 is 4.90 Å². The minimum atomic E-state index is -0.371. The maximum atomic E-state index is 10.9. The first kappa shape index (κ1) is 15.1. The molecule has 6 nitrogen and oxygen atoms in total. The van der Waals surface area contributed by atoms with Gasteiger partial charge in [0.15, 0.2) is 5.17 Å². The lowest BCUT2D eigenvalue weighted by Gasteiger charge is -2.27. The van der Waals surface area contributed by atoms with E-state index in [1.807, 2.05) is 30.3 Å². The van der Waals surface area contributed by atoms with Crippen molar-refractivity contribution in [2.75, 3.05) is 6.54 Å². The Morgan fingerprint density at radius 3 is 2.71 bits per heavy atom. The molecule has 122 valence electrons. The maximum absolute atomic E-state index is 10.9. The van der Waals surface area contributed by atoms with Crippen molar-refractivity contribution in [3.8, 4) is 0 Å². The summed E-state index contributed by atoms with van der Waals surface area (Å²) in [5.41, 5.74) is 2.07. The second-order valence-electron chi connectivity index (χ2n) is 5.99. The minimum absolute atomic E-state index is 0.0353. The Balaban J connectivity index is 1.74. The summed E-state index contributed by atoms with van der Waals surface area (Å²) in [5.74, 6) is 0. The first-order valence-corrected chi connectivity index (χ1v) is 8.68. The first-order valence-electron chi connectivity index (χ1n) is 7.80. The van der Waals surface area contributed by atoms with Gasteiger partial charge in [0.05, 0.1) is 16.7 Å². The van der Waals surface area contributed by atoms with Gasteiger partial charge in [0.1, 0.15) is 6.04 Å². The quantitative estimate of drug-likeness (QED) is 0.631. The van der Waals surface area contributed by atoms with Gasteiger partial charge in [-0.05, 0) is 17.7 Å². The second kappa shape index (κ2) is 5.90. The van der Waals surface area contributed by atoms with Gasteiger partial charge in [-0.3, -0.25) is 20.1 Å². The molecule has 2 aromatic rings. The molecule has 2 aliphatic heterocycles. The Morgan fingerprint density at radius 1 is 1.25 bits per heavy atom. The zero-order valence-corrected chi connectivity index (χ0v) is 13.9. The number of nitrogens with zero attached hydrogens (tertiary/aromatic N) is 4. The third-order valence-corrected chi connectivity index (χ3v) is 5.43. The number of benzene rings is 1. The molecule has 0 saturated carbocycles.